The standard InChI is InChI=1S/C24H21NO6/c1-15(19-8-11-21-22(12-19)31-14-30-21)25-23(27)13-29-24(28)18-4-2-16(3-5-18)17-6-9-20(26)10-7-17/h2-12,15,26H,13-14H2,1H3,(H,25,27). The van der Waals surface area contributed by atoms with Crippen LogP contribution in [0.4, 0.5) is 0 Å². The lowest BCUT2D eigenvalue weighted by atomic mass is 10.0. The van der Waals surface area contributed by atoms with Crippen LogP contribution in [0, 0.1) is 0 Å². The van der Waals surface area contributed by atoms with Gasteiger partial charge in [-0.25, -0.2) is 4.79 Å². The molecule has 7 nitrogen and oxygen atoms in total. The summed E-state index contributed by atoms with van der Waals surface area (Å²) in [7, 11) is 0. The number of carbonyl (C=O) groups excluding carboxylic acids is 2. The Morgan fingerprint density at radius 1 is 0.968 bits per heavy atom. The summed E-state index contributed by atoms with van der Waals surface area (Å²) < 4.78 is 15.8. The Kier molecular flexibility index (Phi) is 5.75. The van der Waals surface area contributed by atoms with Gasteiger partial charge < -0.3 is 24.6 Å². The lowest BCUT2D eigenvalue weighted by Gasteiger charge is -2.15. The van der Waals surface area contributed by atoms with Crippen LogP contribution in [-0.2, 0) is 9.53 Å². The summed E-state index contributed by atoms with van der Waals surface area (Å²) in [4.78, 5) is 24.5. The predicted octanol–water partition coefficient (Wildman–Crippen LogP) is 3.82. The van der Waals surface area contributed by atoms with Crippen LogP contribution in [0.5, 0.6) is 17.2 Å². The highest BCUT2D eigenvalue weighted by Gasteiger charge is 2.17. The first-order chi connectivity index (χ1) is 15.0. The Bertz CT molecular complexity index is 1090. The van der Waals surface area contributed by atoms with E-state index in [2.05, 4.69) is 5.32 Å². The Morgan fingerprint density at radius 2 is 1.61 bits per heavy atom. The molecule has 0 saturated carbocycles. The molecule has 4 rings (SSSR count). The molecule has 0 aliphatic carbocycles. The first kappa shape index (κ1) is 20.3. The zero-order chi connectivity index (χ0) is 21.8. The van der Waals surface area contributed by atoms with Crippen LogP contribution in [0.15, 0.2) is 66.7 Å². The molecule has 0 fully saturated rings. The first-order valence-electron chi connectivity index (χ1n) is 9.75. The van der Waals surface area contributed by atoms with Crippen LogP contribution in [0.25, 0.3) is 11.1 Å². The van der Waals surface area contributed by atoms with Gasteiger partial charge in [-0.3, -0.25) is 4.79 Å². The van der Waals surface area contributed by atoms with Crippen molar-refractivity contribution in [3.63, 3.8) is 0 Å². The number of hydrogen-bond acceptors (Lipinski definition) is 6. The van der Waals surface area contributed by atoms with E-state index in [1.165, 1.54) is 0 Å². The lowest BCUT2D eigenvalue weighted by Crippen LogP contribution is -2.31. The number of aromatic hydroxyl groups is 1. The van der Waals surface area contributed by atoms with Crippen molar-refractivity contribution in [1.29, 1.82) is 0 Å². The Hall–Kier alpha value is -4.00. The van der Waals surface area contributed by atoms with Gasteiger partial charge in [0.05, 0.1) is 11.6 Å². The Balaban J connectivity index is 1.29. The second-order valence-corrected chi connectivity index (χ2v) is 7.10. The van der Waals surface area contributed by atoms with Gasteiger partial charge in [-0.1, -0.05) is 30.3 Å². The summed E-state index contributed by atoms with van der Waals surface area (Å²) in [5.74, 6) is 0.519. The van der Waals surface area contributed by atoms with Crippen molar-refractivity contribution in [2.45, 2.75) is 13.0 Å². The maximum Gasteiger partial charge on any atom is 0.338 e. The normalized spacial score (nSPS) is 12.8. The molecule has 7 heteroatoms. The van der Waals surface area contributed by atoms with Gasteiger partial charge >= 0.3 is 5.97 Å². The minimum Gasteiger partial charge on any atom is -0.508 e. The fraction of sp³-hybridized carbons (Fsp3) is 0.167. The van der Waals surface area contributed by atoms with Crippen molar-refractivity contribution >= 4 is 11.9 Å². The van der Waals surface area contributed by atoms with E-state index in [1.807, 2.05) is 19.1 Å². The monoisotopic (exact) mass is 419 g/mol. The van der Waals surface area contributed by atoms with E-state index in [4.69, 9.17) is 14.2 Å². The zero-order valence-electron chi connectivity index (χ0n) is 16.8. The van der Waals surface area contributed by atoms with Crippen LogP contribution in [0.3, 0.4) is 0 Å². The summed E-state index contributed by atoms with van der Waals surface area (Å²) in [6.45, 7) is 1.64. The number of esters is 1. The van der Waals surface area contributed by atoms with Crippen molar-refractivity contribution in [3.8, 4) is 28.4 Å². The number of hydrogen-bond donors (Lipinski definition) is 2. The molecule has 1 amide bonds. The quantitative estimate of drug-likeness (QED) is 0.590. The van der Waals surface area contributed by atoms with Gasteiger partial charge in [0.15, 0.2) is 18.1 Å². The molecule has 1 atom stereocenters. The van der Waals surface area contributed by atoms with Crippen LogP contribution in [0.1, 0.15) is 28.9 Å². The Labute approximate surface area is 179 Å². The highest BCUT2D eigenvalue weighted by Crippen LogP contribution is 2.34. The minimum absolute atomic E-state index is 0.186. The summed E-state index contributed by atoms with van der Waals surface area (Å²) in [6, 6.07) is 18.8. The van der Waals surface area contributed by atoms with E-state index >= 15 is 0 Å². The first-order valence-corrected chi connectivity index (χ1v) is 9.75. The molecule has 158 valence electrons. The molecule has 0 aromatic heterocycles. The van der Waals surface area contributed by atoms with Crippen molar-refractivity contribution in [2.75, 3.05) is 13.4 Å². The molecule has 3 aromatic rings. The fourth-order valence-corrected chi connectivity index (χ4v) is 3.22. The molecule has 0 bridgehead atoms. The number of rotatable bonds is 6. The van der Waals surface area contributed by atoms with E-state index in [0.717, 1.165) is 16.7 Å². The number of benzene rings is 3. The van der Waals surface area contributed by atoms with Crippen molar-refractivity contribution in [3.05, 3.63) is 77.9 Å². The van der Waals surface area contributed by atoms with Crippen molar-refractivity contribution in [1.82, 2.24) is 5.32 Å². The van der Waals surface area contributed by atoms with Gasteiger partial charge in [0, 0.05) is 0 Å². The van der Waals surface area contributed by atoms with E-state index in [1.54, 1.807) is 54.6 Å². The fourth-order valence-electron chi connectivity index (χ4n) is 3.22. The van der Waals surface area contributed by atoms with Gasteiger partial charge in [-0.05, 0) is 60.0 Å². The smallest absolute Gasteiger partial charge is 0.338 e. The van der Waals surface area contributed by atoms with Gasteiger partial charge in [-0.15, -0.1) is 0 Å². The van der Waals surface area contributed by atoms with Crippen molar-refractivity contribution in [2.24, 2.45) is 0 Å². The van der Waals surface area contributed by atoms with E-state index in [9.17, 15) is 14.7 Å². The number of phenols is 1. The number of fused-ring (bicyclic) bond motifs is 1. The van der Waals surface area contributed by atoms with Crippen LogP contribution in [0.2, 0.25) is 0 Å². The molecule has 0 spiro atoms. The maximum atomic E-state index is 12.3. The summed E-state index contributed by atoms with van der Waals surface area (Å²) >= 11 is 0. The molecule has 3 aromatic carbocycles. The van der Waals surface area contributed by atoms with Crippen LogP contribution < -0.4 is 14.8 Å². The number of amides is 1. The highest BCUT2D eigenvalue weighted by atomic mass is 16.7. The number of ether oxygens (including phenoxy) is 3. The average Bonchev–Trinajstić information content (AvgIpc) is 3.26. The second-order valence-electron chi connectivity index (χ2n) is 7.10. The average molecular weight is 419 g/mol. The van der Waals surface area contributed by atoms with Gasteiger partial charge in [-0.2, -0.15) is 0 Å². The molecular weight excluding hydrogens is 398 g/mol. The summed E-state index contributed by atoms with van der Waals surface area (Å²) in [5.41, 5.74) is 3.01. The van der Waals surface area contributed by atoms with Crippen molar-refractivity contribution < 1.29 is 28.9 Å². The molecule has 2 N–H and O–H groups in total. The SMILES string of the molecule is CC(NC(=O)COC(=O)c1ccc(-c2ccc(O)cc2)cc1)c1ccc2c(c1)OCO2. The molecule has 1 aliphatic heterocycles. The van der Waals surface area contributed by atoms with Gasteiger partial charge in [0.1, 0.15) is 5.75 Å². The third-order valence-electron chi connectivity index (χ3n) is 4.93. The van der Waals surface area contributed by atoms with Crippen LogP contribution >= 0.6 is 0 Å². The lowest BCUT2D eigenvalue weighted by molar-refractivity contribution is -0.124. The number of phenolic OH excluding ortho intramolecular Hbond substituents is 1. The zero-order valence-corrected chi connectivity index (χ0v) is 16.8. The van der Waals surface area contributed by atoms with Gasteiger partial charge in [0.2, 0.25) is 6.79 Å². The van der Waals surface area contributed by atoms with E-state index in [0.29, 0.717) is 17.1 Å². The topological polar surface area (TPSA) is 94.1 Å². The molecule has 31 heavy (non-hydrogen) atoms. The third kappa shape index (κ3) is 4.78. The number of carbonyl (C=O) groups is 2. The molecule has 0 radical (unpaired) electrons. The third-order valence-corrected chi connectivity index (χ3v) is 4.93. The predicted molar refractivity (Wildman–Crippen MR) is 113 cm³/mol. The molecule has 1 aliphatic rings. The van der Waals surface area contributed by atoms with E-state index < -0.39 is 11.9 Å². The molecule has 1 unspecified atom stereocenters. The minimum atomic E-state index is -0.580. The largest absolute Gasteiger partial charge is 0.508 e. The summed E-state index contributed by atoms with van der Waals surface area (Å²) in [5, 5.41) is 12.2. The summed E-state index contributed by atoms with van der Waals surface area (Å²) in [6.07, 6.45) is 0. The van der Waals surface area contributed by atoms with Crippen LogP contribution in [-0.4, -0.2) is 30.4 Å². The second kappa shape index (κ2) is 8.79. The molecular formula is C24H21NO6. The molecule has 1 heterocycles. The molecule has 0 saturated heterocycles. The Morgan fingerprint density at radius 3 is 2.32 bits per heavy atom. The van der Waals surface area contributed by atoms with E-state index in [-0.39, 0.29) is 25.2 Å². The van der Waals surface area contributed by atoms with Gasteiger partial charge in [0.25, 0.3) is 5.91 Å². The highest BCUT2D eigenvalue weighted by molar-refractivity contribution is 5.92. The number of nitrogens with one attached hydrogen (secondary N) is 1. The maximum absolute atomic E-state index is 12.3.